The van der Waals surface area contributed by atoms with E-state index < -0.39 is 9.28 Å². The summed E-state index contributed by atoms with van der Waals surface area (Å²) in [5.41, 5.74) is 0. The number of hydrogen-bond acceptors (Lipinski definition) is 2. The van der Waals surface area contributed by atoms with Gasteiger partial charge in [0.05, 0.1) is 0 Å². The van der Waals surface area contributed by atoms with Gasteiger partial charge in [0.1, 0.15) is 0 Å². The lowest BCUT2D eigenvalue weighted by molar-refractivity contribution is 0.240. The van der Waals surface area contributed by atoms with E-state index in [1.165, 1.54) is 19.3 Å². The minimum absolute atomic E-state index is 0.802. The van der Waals surface area contributed by atoms with Gasteiger partial charge in [0.2, 0.25) is 0 Å². The molecule has 0 saturated heterocycles. The van der Waals surface area contributed by atoms with E-state index in [9.17, 15) is 0 Å². The molecule has 0 aromatic rings. The van der Waals surface area contributed by atoms with Gasteiger partial charge in [-0.2, -0.15) is 0 Å². The Bertz CT molecular complexity index is 78.5. The van der Waals surface area contributed by atoms with Crippen molar-refractivity contribution in [3.63, 3.8) is 0 Å². The molecular weight excluding hydrogens is 156 g/mol. The van der Waals surface area contributed by atoms with Gasteiger partial charge in [-0.3, -0.25) is 0 Å². The Morgan fingerprint density at radius 1 is 1.18 bits per heavy atom. The van der Waals surface area contributed by atoms with Gasteiger partial charge in [-0.1, -0.05) is 26.2 Å². The molecule has 2 nitrogen and oxygen atoms in total. The second-order valence-corrected chi connectivity index (χ2v) is 4.86. The minimum Gasteiger partial charge on any atom is -0.400 e. The van der Waals surface area contributed by atoms with E-state index in [1.807, 2.05) is 6.92 Å². The molecule has 0 aliphatic heterocycles. The molecule has 0 radical (unpaired) electrons. The van der Waals surface area contributed by atoms with E-state index in [4.69, 9.17) is 8.85 Å². The smallest absolute Gasteiger partial charge is 0.321 e. The van der Waals surface area contributed by atoms with Crippen LogP contribution in [-0.4, -0.2) is 23.0 Å². The fraction of sp³-hybridized carbons (Fsp3) is 1.00. The molecule has 0 aromatic heterocycles. The van der Waals surface area contributed by atoms with Crippen LogP contribution in [0.5, 0.6) is 0 Å². The normalized spacial score (nSPS) is 13.4. The van der Waals surface area contributed by atoms with Crippen molar-refractivity contribution in [1.29, 1.82) is 0 Å². The van der Waals surface area contributed by atoms with Crippen LogP contribution in [0.15, 0.2) is 0 Å². The third-order valence-corrected chi connectivity index (χ3v) is 3.77. The first kappa shape index (κ1) is 11.1. The topological polar surface area (TPSA) is 18.5 Å². The van der Waals surface area contributed by atoms with Crippen LogP contribution in [0.4, 0.5) is 0 Å². The Hall–Kier alpha value is 0.137. The SMILES string of the molecule is CCCCC[SiH](OC)OCC. The molecule has 0 amide bonds. The quantitative estimate of drug-likeness (QED) is 0.437. The highest BCUT2D eigenvalue weighted by atomic mass is 28.3. The maximum atomic E-state index is 5.45. The molecule has 0 N–H and O–H groups in total. The van der Waals surface area contributed by atoms with E-state index in [0.29, 0.717) is 0 Å². The fourth-order valence-corrected chi connectivity index (χ4v) is 2.55. The standard InChI is InChI=1S/C8H20O2Si/c1-4-6-7-8-11(9-3)10-5-2/h11H,4-8H2,1-3H3. The highest BCUT2D eigenvalue weighted by Gasteiger charge is 2.08. The molecule has 0 aliphatic carbocycles. The number of hydrogen-bond donors (Lipinski definition) is 0. The van der Waals surface area contributed by atoms with E-state index in [2.05, 4.69) is 6.92 Å². The van der Waals surface area contributed by atoms with Gasteiger partial charge >= 0.3 is 9.28 Å². The van der Waals surface area contributed by atoms with E-state index in [-0.39, 0.29) is 0 Å². The summed E-state index contributed by atoms with van der Waals surface area (Å²) < 4.78 is 10.7. The summed E-state index contributed by atoms with van der Waals surface area (Å²) in [5.74, 6) is 0. The predicted molar refractivity (Wildman–Crippen MR) is 50.1 cm³/mol. The first-order valence-corrected chi connectivity index (χ1v) is 6.25. The van der Waals surface area contributed by atoms with Crippen LogP contribution in [0.2, 0.25) is 6.04 Å². The molecular formula is C8H20O2Si. The van der Waals surface area contributed by atoms with Crippen molar-refractivity contribution in [2.24, 2.45) is 0 Å². The molecule has 0 aromatic carbocycles. The first-order valence-electron chi connectivity index (χ1n) is 4.49. The average molecular weight is 176 g/mol. The van der Waals surface area contributed by atoms with Crippen molar-refractivity contribution in [2.75, 3.05) is 13.7 Å². The van der Waals surface area contributed by atoms with Crippen molar-refractivity contribution in [3.8, 4) is 0 Å². The highest BCUT2D eigenvalue weighted by molar-refractivity contribution is 6.44. The van der Waals surface area contributed by atoms with Gasteiger partial charge in [-0.05, 0) is 13.0 Å². The van der Waals surface area contributed by atoms with Crippen LogP contribution in [0, 0.1) is 0 Å². The molecule has 0 fully saturated rings. The van der Waals surface area contributed by atoms with E-state index in [1.54, 1.807) is 7.11 Å². The summed E-state index contributed by atoms with van der Waals surface area (Å²) in [6.07, 6.45) is 3.85. The van der Waals surface area contributed by atoms with E-state index >= 15 is 0 Å². The molecule has 0 heterocycles. The molecule has 0 spiro atoms. The second kappa shape index (κ2) is 8.24. The van der Waals surface area contributed by atoms with Gasteiger partial charge in [-0.25, -0.2) is 0 Å². The van der Waals surface area contributed by atoms with Crippen LogP contribution >= 0.6 is 0 Å². The first-order chi connectivity index (χ1) is 5.35. The Kier molecular flexibility index (Phi) is 8.34. The van der Waals surface area contributed by atoms with Crippen molar-refractivity contribution in [2.45, 2.75) is 39.2 Å². The largest absolute Gasteiger partial charge is 0.400 e. The average Bonchev–Trinajstić information content (AvgIpc) is 2.03. The Labute approximate surface area is 71.7 Å². The minimum atomic E-state index is -1.24. The van der Waals surface area contributed by atoms with Gasteiger partial charge in [-0.15, -0.1) is 0 Å². The molecule has 0 saturated carbocycles. The third kappa shape index (κ3) is 6.53. The monoisotopic (exact) mass is 176 g/mol. The lowest BCUT2D eigenvalue weighted by Crippen LogP contribution is -2.20. The third-order valence-electron chi connectivity index (χ3n) is 1.66. The van der Waals surface area contributed by atoms with Gasteiger partial charge in [0.15, 0.2) is 0 Å². The second-order valence-electron chi connectivity index (χ2n) is 2.62. The summed E-state index contributed by atoms with van der Waals surface area (Å²) in [5, 5.41) is 0. The maximum absolute atomic E-state index is 5.45. The molecule has 1 atom stereocenters. The predicted octanol–water partition coefficient (Wildman–Crippen LogP) is 2.08. The summed E-state index contributed by atoms with van der Waals surface area (Å²) >= 11 is 0. The van der Waals surface area contributed by atoms with Crippen LogP contribution in [-0.2, 0) is 8.85 Å². The summed E-state index contributed by atoms with van der Waals surface area (Å²) in [7, 11) is 0.518. The lowest BCUT2D eigenvalue weighted by Gasteiger charge is -2.11. The van der Waals surface area contributed by atoms with Crippen molar-refractivity contribution in [3.05, 3.63) is 0 Å². The van der Waals surface area contributed by atoms with E-state index in [0.717, 1.165) is 12.7 Å². The number of unbranched alkanes of at least 4 members (excludes halogenated alkanes) is 2. The van der Waals surface area contributed by atoms with Crippen molar-refractivity contribution in [1.82, 2.24) is 0 Å². The molecule has 3 heteroatoms. The van der Waals surface area contributed by atoms with Gasteiger partial charge in [0, 0.05) is 13.7 Å². The Morgan fingerprint density at radius 3 is 2.36 bits per heavy atom. The molecule has 0 rings (SSSR count). The summed E-state index contributed by atoms with van der Waals surface area (Å²) in [6.45, 7) is 5.04. The summed E-state index contributed by atoms with van der Waals surface area (Å²) in [6, 6.07) is 1.16. The summed E-state index contributed by atoms with van der Waals surface area (Å²) in [4.78, 5) is 0. The van der Waals surface area contributed by atoms with Crippen LogP contribution in [0.1, 0.15) is 33.1 Å². The molecule has 1 unspecified atom stereocenters. The molecule has 68 valence electrons. The van der Waals surface area contributed by atoms with Crippen LogP contribution in [0.3, 0.4) is 0 Å². The number of rotatable bonds is 7. The maximum Gasteiger partial charge on any atom is 0.321 e. The molecule has 11 heavy (non-hydrogen) atoms. The van der Waals surface area contributed by atoms with Crippen LogP contribution < -0.4 is 0 Å². The molecule has 0 bridgehead atoms. The van der Waals surface area contributed by atoms with Gasteiger partial charge < -0.3 is 8.85 Å². The highest BCUT2D eigenvalue weighted by Crippen LogP contribution is 2.05. The van der Waals surface area contributed by atoms with Gasteiger partial charge in [0.25, 0.3) is 0 Å². The Balaban J connectivity index is 3.20. The lowest BCUT2D eigenvalue weighted by atomic mass is 10.3. The van der Waals surface area contributed by atoms with Crippen molar-refractivity contribution < 1.29 is 8.85 Å². The zero-order valence-corrected chi connectivity index (χ0v) is 9.08. The Morgan fingerprint density at radius 2 is 1.91 bits per heavy atom. The fourth-order valence-electron chi connectivity index (χ4n) is 1.02. The van der Waals surface area contributed by atoms with Crippen LogP contribution in [0.25, 0.3) is 0 Å². The zero-order valence-electron chi connectivity index (χ0n) is 7.93. The molecule has 0 aliphatic rings. The zero-order chi connectivity index (χ0) is 8.53. The van der Waals surface area contributed by atoms with Crippen molar-refractivity contribution >= 4 is 9.28 Å².